The monoisotopic (exact) mass is 643 g/mol. The average Bonchev–Trinajstić information content (AvgIpc) is 3.00. The third-order valence-electron chi connectivity index (χ3n) is 7.87. The fourth-order valence-electron chi connectivity index (χ4n) is 5.44. The minimum atomic E-state index is -3.83. The highest BCUT2D eigenvalue weighted by Crippen LogP contribution is 2.26. The summed E-state index contributed by atoms with van der Waals surface area (Å²) < 4.78 is 27.1. The van der Waals surface area contributed by atoms with E-state index in [1.165, 1.54) is 4.90 Å². The smallest absolute Gasteiger partial charge is 0.244 e. The van der Waals surface area contributed by atoms with Gasteiger partial charge in [0.1, 0.15) is 12.6 Å². The van der Waals surface area contributed by atoms with Gasteiger partial charge >= 0.3 is 0 Å². The van der Waals surface area contributed by atoms with Crippen molar-refractivity contribution in [2.24, 2.45) is 0 Å². The van der Waals surface area contributed by atoms with Crippen molar-refractivity contribution in [3.05, 3.63) is 99.5 Å². The number of anilines is 1. The summed E-state index contributed by atoms with van der Waals surface area (Å²) in [7, 11) is -3.83. The van der Waals surface area contributed by atoms with Crippen molar-refractivity contribution >= 4 is 50.7 Å². The molecule has 4 rings (SSSR count). The normalized spacial score (nSPS) is 14.6. The fraction of sp³-hybridized carbons (Fsp3) is 0.394. The van der Waals surface area contributed by atoms with Crippen LogP contribution in [0.15, 0.2) is 72.8 Å². The molecule has 7 nitrogen and oxygen atoms in total. The first-order valence-corrected chi connectivity index (χ1v) is 17.3. The Hall–Kier alpha value is -3.07. The summed E-state index contributed by atoms with van der Waals surface area (Å²) in [6.45, 7) is 1.59. The molecule has 3 aromatic rings. The lowest BCUT2D eigenvalue weighted by atomic mass is 9.94. The number of sulfonamides is 1. The van der Waals surface area contributed by atoms with E-state index in [-0.39, 0.29) is 24.9 Å². The van der Waals surface area contributed by atoms with Crippen LogP contribution < -0.4 is 9.62 Å². The molecule has 1 N–H and O–H groups in total. The maximum atomic E-state index is 14.3. The highest BCUT2D eigenvalue weighted by atomic mass is 35.5. The molecule has 1 atom stereocenters. The Morgan fingerprint density at radius 3 is 2.14 bits per heavy atom. The van der Waals surface area contributed by atoms with E-state index >= 15 is 0 Å². The molecule has 3 aromatic carbocycles. The van der Waals surface area contributed by atoms with E-state index in [9.17, 15) is 18.0 Å². The minimum absolute atomic E-state index is 0.0334. The van der Waals surface area contributed by atoms with E-state index in [0.29, 0.717) is 21.3 Å². The molecule has 1 saturated carbocycles. The van der Waals surface area contributed by atoms with E-state index in [1.807, 2.05) is 49.4 Å². The maximum absolute atomic E-state index is 14.3. The van der Waals surface area contributed by atoms with Crippen LogP contribution in [0.5, 0.6) is 0 Å². The summed E-state index contributed by atoms with van der Waals surface area (Å²) in [6, 6.07) is 20.8. The highest BCUT2D eigenvalue weighted by molar-refractivity contribution is 7.92. The molecular weight excluding hydrogens is 605 g/mol. The number of halogens is 2. The van der Waals surface area contributed by atoms with Crippen LogP contribution in [0.3, 0.4) is 0 Å². The zero-order valence-electron chi connectivity index (χ0n) is 24.6. The van der Waals surface area contributed by atoms with E-state index in [4.69, 9.17) is 23.2 Å². The van der Waals surface area contributed by atoms with Gasteiger partial charge in [0.05, 0.1) is 22.0 Å². The molecule has 0 aliphatic heterocycles. The lowest BCUT2D eigenvalue weighted by Crippen LogP contribution is -2.55. The topological polar surface area (TPSA) is 86.8 Å². The number of nitrogens with zero attached hydrogens (tertiary/aromatic N) is 2. The van der Waals surface area contributed by atoms with Gasteiger partial charge in [0.25, 0.3) is 0 Å². The molecule has 0 unspecified atom stereocenters. The molecule has 0 saturated heterocycles. The van der Waals surface area contributed by atoms with Crippen molar-refractivity contribution in [3.63, 3.8) is 0 Å². The first-order chi connectivity index (χ1) is 20.5. The lowest BCUT2D eigenvalue weighted by Gasteiger charge is -2.35. The Labute approximate surface area is 265 Å². The van der Waals surface area contributed by atoms with Gasteiger partial charge in [-0.3, -0.25) is 13.9 Å². The molecule has 230 valence electrons. The van der Waals surface area contributed by atoms with E-state index in [0.717, 1.165) is 60.2 Å². The first kappa shape index (κ1) is 32.8. The number of hydrogen-bond acceptors (Lipinski definition) is 4. The van der Waals surface area contributed by atoms with Gasteiger partial charge < -0.3 is 10.2 Å². The molecule has 10 heteroatoms. The Morgan fingerprint density at radius 1 is 0.884 bits per heavy atom. The Balaban J connectivity index is 1.73. The van der Waals surface area contributed by atoms with Crippen molar-refractivity contribution in [2.45, 2.75) is 70.5 Å². The van der Waals surface area contributed by atoms with E-state index < -0.39 is 28.5 Å². The molecule has 1 aliphatic rings. The summed E-state index contributed by atoms with van der Waals surface area (Å²) in [5, 5.41) is 3.90. The number of nitrogens with one attached hydrogen (secondary N) is 1. The SMILES string of the molecule is CCc1ccc(N(CC(=O)N(Cc2ccc(Cl)c(Cl)c2)[C@@H](Cc2ccccc2)C(=O)NC2CCCCC2)S(C)(=O)=O)cc1. The maximum Gasteiger partial charge on any atom is 0.244 e. The molecule has 0 spiro atoms. The molecule has 1 fully saturated rings. The largest absolute Gasteiger partial charge is 0.352 e. The van der Waals surface area contributed by atoms with Crippen molar-refractivity contribution in [1.29, 1.82) is 0 Å². The molecule has 0 radical (unpaired) electrons. The lowest BCUT2D eigenvalue weighted by molar-refractivity contribution is -0.140. The van der Waals surface area contributed by atoms with Crippen LogP contribution in [0.4, 0.5) is 5.69 Å². The third-order valence-corrected chi connectivity index (χ3v) is 9.75. The van der Waals surface area contributed by atoms with Crippen LogP contribution in [0.1, 0.15) is 55.7 Å². The van der Waals surface area contributed by atoms with Gasteiger partial charge in [0.15, 0.2) is 0 Å². The number of aryl methyl sites for hydroxylation is 1. The van der Waals surface area contributed by atoms with Crippen molar-refractivity contribution in [3.8, 4) is 0 Å². The quantitative estimate of drug-likeness (QED) is 0.247. The Morgan fingerprint density at radius 2 is 1.53 bits per heavy atom. The molecule has 1 aliphatic carbocycles. The van der Waals surface area contributed by atoms with Crippen LogP contribution in [0.25, 0.3) is 0 Å². The second-order valence-electron chi connectivity index (χ2n) is 11.1. The number of carbonyl (C=O) groups is 2. The zero-order valence-corrected chi connectivity index (χ0v) is 27.0. The molecule has 0 bridgehead atoms. The summed E-state index contributed by atoms with van der Waals surface area (Å²) >= 11 is 12.5. The highest BCUT2D eigenvalue weighted by Gasteiger charge is 2.34. The van der Waals surface area contributed by atoms with E-state index in [2.05, 4.69) is 5.32 Å². The van der Waals surface area contributed by atoms with Gasteiger partial charge in [-0.1, -0.05) is 97.9 Å². The molecule has 43 heavy (non-hydrogen) atoms. The van der Waals surface area contributed by atoms with Crippen molar-refractivity contribution in [1.82, 2.24) is 10.2 Å². The van der Waals surface area contributed by atoms with Crippen LogP contribution in [0, 0.1) is 0 Å². The van der Waals surface area contributed by atoms with Crippen LogP contribution in [0.2, 0.25) is 10.0 Å². The van der Waals surface area contributed by atoms with Crippen molar-refractivity contribution < 1.29 is 18.0 Å². The summed E-state index contributed by atoms with van der Waals surface area (Å²) in [5.74, 6) is -0.766. The average molecular weight is 645 g/mol. The van der Waals surface area contributed by atoms with Crippen LogP contribution in [-0.4, -0.2) is 50.0 Å². The standard InChI is InChI=1S/C33H39Cl2N3O4S/c1-3-24-14-17-28(18-15-24)38(43(2,41)42)23-32(39)37(22-26-16-19-29(34)30(35)20-26)31(21-25-10-6-4-7-11-25)33(40)36-27-12-8-5-9-13-27/h4,6-7,10-11,14-20,27,31H,3,5,8-9,12-13,21-23H2,1-2H3,(H,36,40)/t31-/m0/s1. The number of hydrogen-bond donors (Lipinski definition) is 1. The second-order valence-corrected chi connectivity index (χ2v) is 13.8. The summed E-state index contributed by atoms with van der Waals surface area (Å²) in [5.41, 5.74) is 2.98. The Bertz CT molecular complexity index is 1490. The van der Waals surface area contributed by atoms with Crippen LogP contribution >= 0.6 is 23.2 Å². The van der Waals surface area contributed by atoms with Gasteiger partial charge in [0, 0.05) is 19.0 Å². The summed E-state index contributed by atoms with van der Waals surface area (Å²) in [4.78, 5) is 29.7. The summed E-state index contributed by atoms with van der Waals surface area (Å²) in [6.07, 6.45) is 7.14. The second kappa shape index (κ2) is 15.1. The molecule has 0 heterocycles. The molecule has 0 aromatic heterocycles. The predicted molar refractivity (Wildman–Crippen MR) is 174 cm³/mol. The third kappa shape index (κ3) is 9.21. The number of carbonyl (C=O) groups excluding carboxylic acids is 2. The van der Waals surface area contributed by atoms with Crippen LogP contribution in [-0.2, 0) is 39.0 Å². The van der Waals surface area contributed by atoms with Gasteiger partial charge in [-0.2, -0.15) is 0 Å². The van der Waals surface area contributed by atoms with Gasteiger partial charge in [-0.25, -0.2) is 8.42 Å². The zero-order chi connectivity index (χ0) is 31.0. The number of amides is 2. The van der Waals surface area contributed by atoms with Gasteiger partial charge in [-0.15, -0.1) is 0 Å². The first-order valence-electron chi connectivity index (χ1n) is 14.7. The van der Waals surface area contributed by atoms with Gasteiger partial charge in [0.2, 0.25) is 21.8 Å². The van der Waals surface area contributed by atoms with Crippen molar-refractivity contribution in [2.75, 3.05) is 17.1 Å². The predicted octanol–water partition coefficient (Wildman–Crippen LogP) is 6.41. The minimum Gasteiger partial charge on any atom is -0.352 e. The fourth-order valence-corrected chi connectivity index (χ4v) is 6.61. The number of benzene rings is 3. The van der Waals surface area contributed by atoms with Gasteiger partial charge in [-0.05, 0) is 60.2 Å². The molecular formula is C33H39Cl2N3O4S. The number of rotatable bonds is 12. The molecule has 2 amide bonds. The Kier molecular flexibility index (Phi) is 11.5. The van der Waals surface area contributed by atoms with E-state index in [1.54, 1.807) is 30.3 Å².